The van der Waals surface area contributed by atoms with E-state index in [0.717, 1.165) is 19.4 Å². The van der Waals surface area contributed by atoms with Crippen LogP contribution in [0.1, 0.15) is 213 Å². The van der Waals surface area contributed by atoms with Crippen molar-refractivity contribution in [3.63, 3.8) is 0 Å². The van der Waals surface area contributed by atoms with Gasteiger partial charge in [0.05, 0.1) is 0 Å². The zero-order chi connectivity index (χ0) is 27.8. The van der Waals surface area contributed by atoms with E-state index in [4.69, 9.17) is 0 Å². The molecule has 0 fully saturated rings. The Bertz CT molecular complexity index is 449. The molecule has 1 unspecified atom stereocenters. The normalized spacial score (nSPS) is 12.2. The quantitative estimate of drug-likeness (QED) is 0.0852. The average Bonchev–Trinajstić information content (AvgIpc) is 2.93. The summed E-state index contributed by atoms with van der Waals surface area (Å²) in [7, 11) is 0. The van der Waals surface area contributed by atoms with E-state index >= 15 is 0 Å². The van der Waals surface area contributed by atoms with Crippen LogP contribution >= 0.6 is 0 Å². The van der Waals surface area contributed by atoms with Crippen molar-refractivity contribution in [1.82, 2.24) is 5.32 Å². The molecular formula is C36H73NO. The Morgan fingerprint density at radius 1 is 0.447 bits per heavy atom. The zero-order valence-electron chi connectivity index (χ0n) is 26.9. The van der Waals surface area contributed by atoms with Crippen LogP contribution in [0.4, 0.5) is 0 Å². The van der Waals surface area contributed by atoms with E-state index in [1.807, 2.05) is 0 Å². The molecule has 0 aliphatic rings. The van der Waals surface area contributed by atoms with Gasteiger partial charge in [-0.15, -0.1) is 0 Å². The maximum Gasteiger partial charge on any atom is 0.220 e. The first kappa shape index (κ1) is 37.5. The number of unbranched alkanes of at least 4 members (excludes halogenated alkanes) is 25. The Hall–Kier alpha value is -0.530. The highest BCUT2D eigenvalue weighted by molar-refractivity contribution is 5.75. The van der Waals surface area contributed by atoms with Gasteiger partial charge in [0, 0.05) is 13.0 Å². The van der Waals surface area contributed by atoms with Gasteiger partial charge in [0.2, 0.25) is 5.91 Å². The number of amides is 1. The van der Waals surface area contributed by atoms with Crippen molar-refractivity contribution in [3.05, 3.63) is 0 Å². The predicted molar refractivity (Wildman–Crippen MR) is 172 cm³/mol. The Labute approximate surface area is 241 Å². The molecule has 228 valence electrons. The standard InChI is InChI=1S/C36H73NO/c1-4-7-9-11-13-15-17-19-20-21-23-25-27-29-31-33-36(38)37-34-35(6-3)32-30-28-26-24-22-18-16-14-12-10-8-5-2/h35H,4-34H2,1-3H3,(H,37,38). The molecule has 2 heteroatoms. The molecule has 0 radical (unpaired) electrons. The summed E-state index contributed by atoms with van der Waals surface area (Å²) in [5.41, 5.74) is 0. The summed E-state index contributed by atoms with van der Waals surface area (Å²) in [6, 6.07) is 0. The lowest BCUT2D eigenvalue weighted by atomic mass is 9.97. The molecule has 1 amide bonds. The minimum absolute atomic E-state index is 0.285. The number of hydrogen-bond acceptors (Lipinski definition) is 1. The van der Waals surface area contributed by atoms with Gasteiger partial charge in [-0.3, -0.25) is 4.79 Å². The van der Waals surface area contributed by atoms with Gasteiger partial charge in [-0.25, -0.2) is 0 Å². The molecular weight excluding hydrogens is 462 g/mol. The van der Waals surface area contributed by atoms with Crippen LogP contribution in [-0.4, -0.2) is 12.5 Å². The van der Waals surface area contributed by atoms with E-state index in [-0.39, 0.29) is 5.91 Å². The molecule has 0 aliphatic heterocycles. The van der Waals surface area contributed by atoms with E-state index in [1.54, 1.807) is 0 Å². The number of carbonyl (C=O) groups is 1. The van der Waals surface area contributed by atoms with Crippen molar-refractivity contribution in [2.24, 2.45) is 5.92 Å². The lowest BCUT2D eigenvalue weighted by Crippen LogP contribution is -2.28. The number of carbonyl (C=O) groups excluding carboxylic acids is 1. The van der Waals surface area contributed by atoms with Crippen LogP contribution in [0, 0.1) is 5.92 Å². The van der Waals surface area contributed by atoms with Crippen molar-refractivity contribution in [3.8, 4) is 0 Å². The highest BCUT2D eigenvalue weighted by Crippen LogP contribution is 2.17. The second-order valence-corrected chi connectivity index (χ2v) is 12.5. The number of nitrogens with one attached hydrogen (secondary N) is 1. The van der Waals surface area contributed by atoms with Crippen molar-refractivity contribution in [2.75, 3.05) is 6.54 Å². The van der Waals surface area contributed by atoms with Crippen molar-refractivity contribution in [1.29, 1.82) is 0 Å². The van der Waals surface area contributed by atoms with E-state index in [2.05, 4.69) is 26.1 Å². The third kappa shape index (κ3) is 30.0. The molecule has 0 aromatic carbocycles. The summed E-state index contributed by atoms with van der Waals surface area (Å²) in [5, 5.41) is 3.24. The maximum atomic E-state index is 12.3. The molecule has 0 rings (SSSR count). The number of hydrogen-bond donors (Lipinski definition) is 1. The van der Waals surface area contributed by atoms with E-state index in [1.165, 1.54) is 180 Å². The van der Waals surface area contributed by atoms with Crippen LogP contribution in [-0.2, 0) is 4.79 Å². The predicted octanol–water partition coefficient (Wildman–Crippen LogP) is 12.5. The monoisotopic (exact) mass is 536 g/mol. The average molecular weight is 536 g/mol. The van der Waals surface area contributed by atoms with Gasteiger partial charge in [0.25, 0.3) is 0 Å². The van der Waals surface area contributed by atoms with Crippen LogP contribution in [0.2, 0.25) is 0 Å². The minimum Gasteiger partial charge on any atom is -0.356 e. The minimum atomic E-state index is 0.285. The highest BCUT2D eigenvalue weighted by Gasteiger charge is 2.08. The Morgan fingerprint density at radius 2 is 0.763 bits per heavy atom. The number of rotatable bonds is 32. The van der Waals surface area contributed by atoms with E-state index in [9.17, 15) is 4.79 Å². The van der Waals surface area contributed by atoms with Gasteiger partial charge >= 0.3 is 0 Å². The highest BCUT2D eigenvalue weighted by atomic mass is 16.1. The molecule has 0 heterocycles. The molecule has 0 aromatic heterocycles. The van der Waals surface area contributed by atoms with Gasteiger partial charge in [-0.2, -0.15) is 0 Å². The summed E-state index contributed by atoms with van der Waals surface area (Å²) < 4.78 is 0. The van der Waals surface area contributed by atoms with Crippen LogP contribution in [0.15, 0.2) is 0 Å². The summed E-state index contributed by atoms with van der Waals surface area (Å²) in [6.45, 7) is 7.76. The summed E-state index contributed by atoms with van der Waals surface area (Å²) >= 11 is 0. The Kier molecular flexibility index (Phi) is 32.2. The SMILES string of the molecule is CCCCCCCCCCCCCCCCCC(=O)NCC(CC)CCCCCCCCCCCCCC. The Balaban J connectivity index is 3.38. The van der Waals surface area contributed by atoms with Gasteiger partial charge in [-0.05, 0) is 18.8 Å². The fourth-order valence-corrected chi connectivity index (χ4v) is 5.73. The first-order valence-corrected chi connectivity index (χ1v) is 18.0. The van der Waals surface area contributed by atoms with Crippen LogP contribution in [0.25, 0.3) is 0 Å². The molecule has 1 N–H and O–H groups in total. The van der Waals surface area contributed by atoms with Gasteiger partial charge < -0.3 is 5.32 Å². The molecule has 0 spiro atoms. The molecule has 0 saturated heterocycles. The van der Waals surface area contributed by atoms with Gasteiger partial charge in [-0.1, -0.05) is 194 Å². The summed E-state index contributed by atoms with van der Waals surface area (Å²) in [5.74, 6) is 0.955. The first-order chi connectivity index (χ1) is 18.7. The first-order valence-electron chi connectivity index (χ1n) is 18.0. The Morgan fingerprint density at radius 3 is 1.11 bits per heavy atom. The molecule has 1 atom stereocenters. The van der Waals surface area contributed by atoms with E-state index < -0.39 is 0 Å². The fraction of sp³-hybridized carbons (Fsp3) is 0.972. The smallest absolute Gasteiger partial charge is 0.220 e. The molecule has 38 heavy (non-hydrogen) atoms. The summed E-state index contributed by atoms with van der Waals surface area (Å²) in [6.07, 6.45) is 40.8. The van der Waals surface area contributed by atoms with Gasteiger partial charge in [0.1, 0.15) is 0 Å². The largest absolute Gasteiger partial charge is 0.356 e. The molecule has 0 aromatic rings. The lowest BCUT2D eigenvalue weighted by molar-refractivity contribution is -0.121. The molecule has 0 saturated carbocycles. The summed E-state index contributed by atoms with van der Waals surface area (Å²) in [4.78, 5) is 12.3. The molecule has 2 nitrogen and oxygen atoms in total. The van der Waals surface area contributed by atoms with Crippen molar-refractivity contribution >= 4 is 5.91 Å². The topological polar surface area (TPSA) is 29.1 Å². The third-order valence-corrected chi connectivity index (χ3v) is 8.64. The second-order valence-electron chi connectivity index (χ2n) is 12.5. The lowest BCUT2D eigenvalue weighted by Gasteiger charge is -2.15. The maximum absolute atomic E-state index is 12.3. The zero-order valence-corrected chi connectivity index (χ0v) is 26.9. The van der Waals surface area contributed by atoms with Crippen LogP contribution < -0.4 is 5.32 Å². The molecule has 0 bridgehead atoms. The van der Waals surface area contributed by atoms with Crippen molar-refractivity contribution in [2.45, 2.75) is 213 Å². The fourth-order valence-electron chi connectivity index (χ4n) is 5.73. The third-order valence-electron chi connectivity index (χ3n) is 8.64. The van der Waals surface area contributed by atoms with Gasteiger partial charge in [0.15, 0.2) is 0 Å². The van der Waals surface area contributed by atoms with Crippen molar-refractivity contribution < 1.29 is 4.79 Å². The molecule has 0 aliphatic carbocycles. The van der Waals surface area contributed by atoms with Crippen LogP contribution in [0.5, 0.6) is 0 Å². The van der Waals surface area contributed by atoms with E-state index in [0.29, 0.717) is 5.92 Å². The second kappa shape index (κ2) is 32.7. The van der Waals surface area contributed by atoms with Crippen LogP contribution in [0.3, 0.4) is 0 Å².